The number of aliphatic hydroxyl groups is 1. The summed E-state index contributed by atoms with van der Waals surface area (Å²) in [6.45, 7) is 3.90. The fourth-order valence-electron chi connectivity index (χ4n) is 3.68. The first-order valence-corrected chi connectivity index (χ1v) is 12.1. The van der Waals surface area contributed by atoms with Gasteiger partial charge in [0.25, 0.3) is 5.91 Å². The Morgan fingerprint density at radius 1 is 1.24 bits per heavy atom. The molecule has 188 valence electrons. The lowest BCUT2D eigenvalue weighted by Gasteiger charge is -2.32. The van der Waals surface area contributed by atoms with Gasteiger partial charge in [0, 0.05) is 25.8 Å². The summed E-state index contributed by atoms with van der Waals surface area (Å²) in [5.41, 5.74) is 0.438. The average molecular weight is 497 g/mol. The highest BCUT2D eigenvalue weighted by Gasteiger charge is 2.38. The maximum absolute atomic E-state index is 13.1. The van der Waals surface area contributed by atoms with Crippen molar-refractivity contribution in [1.29, 1.82) is 0 Å². The standard InChI is InChI=1S/C23H32N2O8S/c1-4-33-20(29)9-11-34-23(32)16-6-5-10-25(16)21(30)14(2)24(3)22(31)19(28)13-15-7-8-17(26)18(27)12-15/h7-8,12,14,16,19,26-28H,4-6,9-11,13H2,1-3H3. The first kappa shape index (κ1) is 27.5. The predicted octanol–water partition coefficient (Wildman–Crippen LogP) is 1.05. The van der Waals surface area contributed by atoms with Gasteiger partial charge in [-0.1, -0.05) is 17.8 Å². The van der Waals surface area contributed by atoms with E-state index in [0.717, 1.165) is 16.7 Å². The second kappa shape index (κ2) is 12.6. The number of aliphatic hydroxyl groups excluding tert-OH is 1. The van der Waals surface area contributed by atoms with Crippen molar-refractivity contribution in [2.75, 3.05) is 26.0 Å². The molecule has 11 heteroatoms. The number of amides is 2. The lowest BCUT2D eigenvalue weighted by atomic mass is 10.1. The van der Waals surface area contributed by atoms with Crippen molar-refractivity contribution in [3.63, 3.8) is 0 Å². The first-order valence-electron chi connectivity index (χ1n) is 11.1. The van der Waals surface area contributed by atoms with Gasteiger partial charge >= 0.3 is 5.97 Å². The summed E-state index contributed by atoms with van der Waals surface area (Å²) >= 11 is 0.991. The van der Waals surface area contributed by atoms with E-state index in [2.05, 4.69) is 0 Å². The Morgan fingerprint density at radius 3 is 2.59 bits per heavy atom. The van der Waals surface area contributed by atoms with Crippen LogP contribution in [0.15, 0.2) is 18.2 Å². The van der Waals surface area contributed by atoms with Crippen LogP contribution in [-0.4, -0.2) is 92.2 Å². The van der Waals surface area contributed by atoms with Crippen molar-refractivity contribution in [2.24, 2.45) is 0 Å². The van der Waals surface area contributed by atoms with Crippen LogP contribution in [0.3, 0.4) is 0 Å². The van der Waals surface area contributed by atoms with Gasteiger partial charge in [0.15, 0.2) is 11.5 Å². The van der Waals surface area contributed by atoms with Crippen molar-refractivity contribution in [1.82, 2.24) is 9.80 Å². The zero-order valence-corrected chi connectivity index (χ0v) is 20.4. The molecular formula is C23H32N2O8S. The fraction of sp³-hybridized carbons (Fsp3) is 0.565. The maximum atomic E-state index is 13.1. The monoisotopic (exact) mass is 496 g/mol. The van der Waals surface area contributed by atoms with Crippen LogP contribution >= 0.6 is 11.8 Å². The van der Waals surface area contributed by atoms with Crippen LogP contribution in [0.5, 0.6) is 11.5 Å². The average Bonchev–Trinajstić information content (AvgIpc) is 3.29. The molecule has 0 aromatic heterocycles. The van der Waals surface area contributed by atoms with Gasteiger partial charge in [-0.15, -0.1) is 0 Å². The molecule has 0 radical (unpaired) electrons. The molecule has 1 aliphatic rings. The SMILES string of the molecule is CCOC(=O)CCSC(=O)C1CCCN1C(=O)C(C)N(C)C(=O)C(O)Cc1ccc(O)c(O)c1. The van der Waals surface area contributed by atoms with E-state index in [4.69, 9.17) is 4.74 Å². The summed E-state index contributed by atoms with van der Waals surface area (Å²) in [5.74, 6) is -1.86. The van der Waals surface area contributed by atoms with Crippen molar-refractivity contribution in [3.8, 4) is 11.5 Å². The van der Waals surface area contributed by atoms with Crippen molar-refractivity contribution >= 4 is 34.7 Å². The molecule has 3 N–H and O–H groups in total. The molecule has 2 rings (SSSR count). The molecule has 1 saturated heterocycles. The van der Waals surface area contributed by atoms with Gasteiger partial charge in [0.2, 0.25) is 11.0 Å². The molecule has 0 bridgehead atoms. The second-order valence-corrected chi connectivity index (χ2v) is 9.18. The Balaban J connectivity index is 1.94. The number of esters is 1. The number of benzene rings is 1. The number of phenols is 2. The molecule has 0 saturated carbocycles. The smallest absolute Gasteiger partial charge is 0.306 e. The number of carbonyl (C=O) groups is 4. The highest BCUT2D eigenvalue weighted by Crippen LogP contribution is 2.26. The number of phenolic OH excluding ortho intramolecular Hbond substituents is 2. The molecule has 1 aromatic rings. The van der Waals surface area contributed by atoms with Crippen LogP contribution < -0.4 is 0 Å². The number of nitrogens with zero attached hydrogens (tertiary/aromatic N) is 2. The van der Waals surface area contributed by atoms with E-state index in [1.54, 1.807) is 6.92 Å². The van der Waals surface area contributed by atoms with E-state index in [1.165, 1.54) is 37.1 Å². The minimum Gasteiger partial charge on any atom is -0.504 e. The molecule has 1 fully saturated rings. The van der Waals surface area contributed by atoms with E-state index in [9.17, 15) is 34.5 Å². The van der Waals surface area contributed by atoms with Gasteiger partial charge in [-0.2, -0.15) is 0 Å². The molecule has 34 heavy (non-hydrogen) atoms. The Morgan fingerprint density at radius 2 is 1.94 bits per heavy atom. The van der Waals surface area contributed by atoms with E-state index < -0.39 is 30.0 Å². The highest BCUT2D eigenvalue weighted by atomic mass is 32.2. The lowest BCUT2D eigenvalue weighted by molar-refractivity contribution is -0.149. The van der Waals surface area contributed by atoms with Gasteiger partial charge in [0.05, 0.1) is 13.0 Å². The number of rotatable bonds is 10. The molecule has 0 spiro atoms. The molecule has 0 aliphatic carbocycles. The Bertz CT molecular complexity index is 909. The summed E-state index contributed by atoms with van der Waals surface area (Å²) in [6.07, 6.45) is -0.305. The van der Waals surface area contributed by atoms with Crippen LogP contribution in [-0.2, 0) is 30.3 Å². The van der Waals surface area contributed by atoms with Crippen LogP contribution in [0, 0.1) is 0 Å². The largest absolute Gasteiger partial charge is 0.504 e. The predicted molar refractivity (Wildman–Crippen MR) is 125 cm³/mol. The number of hydrogen-bond acceptors (Lipinski definition) is 9. The number of aromatic hydroxyl groups is 2. The van der Waals surface area contributed by atoms with Gasteiger partial charge in [-0.3, -0.25) is 19.2 Å². The van der Waals surface area contributed by atoms with Gasteiger partial charge in [0.1, 0.15) is 18.2 Å². The number of thioether (sulfide) groups is 1. The first-order chi connectivity index (χ1) is 16.1. The molecule has 1 heterocycles. The topological polar surface area (TPSA) is 145 Å². The molecule has 3 unspecified atom stereocenters. The highest BCUT2D eigenvalue weighted by molar-refractivity contribution is 8.13. The van der Waals surface area contributed by atoms with E-state index >= 15 is 0 Å². The second-order valence-electron chi connectivity index (χ2n) is 8.08. The number of carbonyl (C=O) groups excluding carboxylic acids is 4. The summed E-state index contributed by atoms with van der Waals surface area (Å²) in [7, 11) is 1.41. The third-order valence-corrected chi connectivity index (χ3v) is 6.67. The zero-order valence-electron chi connectivity index (χ0n) is 19.6. The van der Waals surface area contributed by atoms with Crippen molar-refractivity contribution in [2.45, 2.75) is 57.7 Å². The Kier molecular flexibility index (Phi) is 10.2. The Labute approximate surface area is 202 Å². The third-order valence-electron chi connectivity index (χ3n) is 5.70. The summed E-state index contributed by atoms with van der Waals surface area (Å²) in [4.78, 5) is 52.5. The minimum atomic E-state index is -1.46. The van der Waals surface area contributed by atoms with Gasteiger partial charge < -0.3 is 29.9 Å². The van der Waals surface area contributed by atoms with Crippen LogP contribution in [0.25, 0.3) is 0 Å². The molecule has 1 aromatic carbocycles. The molecule has 2 amide bonds. The number of ether oxygens (including phenoxy) is 1. The maximum Gasteiger partial charge on any atom is 0.306 e. The lowest BCUT2D eigenvalue weighted by Crippen LogP contribution is -2.52. The van der Waals surface area contributed by atoms with Crippen LogP contribution in [0.4, 0.5) is 0 Å². The van der Waals surface area contributed by atoms with Crippen LogP contribution in [0.1, 0.15) is 38.7 Å². The fourth-order valence-corrected chi connectivity index (χ4v) is 4.59. The van der Waals surface area contributed by atoms with Gasteiger partial charge in [-0.05, 0) is 44.4 Å². The third kappa shape index (κ3) is 7.10. The van der Waals surface area contributed by atoms with E-state index in [0.29, 0.717) is 24.9 Å². The normalized spacial score (nSPS) is 17.2. The minimum absolute atomic E-state index is 0.106. The number of likely N-dealkylation sites (N-methyl/N-ethyl adjacent to an activating group) is 1. The quantitative estimate of drug-likeness (QED) is 0.320. The summed E-state index contributed by atoms with van der Waals surface area (Å²) in [6, 6.07) is 2.44. The molecule has 1 aliphatic heterocycles. The van der Waals surface area contributed by atoms with E-state index in [1.807, 2.05) is 0 Å². The Hall–Kier alpha value is -2.79. The number of hydrogen-bond donors (Lipinski definition) is 3. The molecular weight excluding hydrogens is 464 g/mol. The molecule has 3 atom stereocenters. The number of likely N-dealkylation sites (tertiary alicyclic amines) is 1. The van der Waals surface area contributed by atoms with Crippen molar-refractivity contribution < 1.29 is 39.2 Å². The van der Waals surface area contributed by atoms with Crippen molar-refractivity contribution in [3.05, 3.63) is 23.8 Å². The van der Waals surface area contributed by atoms with E-state index in [-0.39, 0.29) is 47.8 Å². The van der Waals surface area contributed by atoms with Gasteiger partial charge in [-0.25, -0.2) is 0 Å². The summed E-state index contributed by atoms with van der Waals surface area (Å²) < 4.78 is 4.85. The summed E-state index contributed by atoms with van der Waals surface area (Å²) in [5, 5.41) is 29.1. The van der Waals surface area contributed by atoms with Crippen LogP contribution in [0.2, 0.25) is 0 Å². The molecule has 10 nitrogen and oxygen atoms in total. The zero-order chi connectivity index (χ0) is 25.4.